The van der Waals surface area contributed by atoms with Gasteiger partial charge in [0.15, 0.2) is 0 Å². The molecule has 0 amide bonds. The summed E-state index contributed by atoms with van der Waals surface area (Å²) in [5.74, 6) is -0.429. The maximum atomic E-state index is 12.4. The summed E-state index contributed by atoms with van der Waals surface area (Å²) in [5.41, 5.74) is 0.569. The number of ether oxygens (including phenoxy) is 3. The number of aromatic nitrogens is 2. The summed E-state index contributed by atoms with van der Waals surface area (Å²) in [7, 11) is 0. The number of fused-ring (bicyclic) bond motifs is 1. The molecule has 8 nitrogen and oxygen atoms in total. The van der Waals surface area contributed by atoms with Crippen molar-refractivity contribution >= 4 is 0 Å². The van der Waals surface area contributed by atoms with E-state index in [1.807, 2.05) is 4.90 Å². The highest BCUT2D eigenvalue weighted by Gasteiger charge is 2.38. The van der Waals surface area contributed by atoms with E-state index in [4.69, 9.17) is 9.47 Å². The molecule has 4 rings (SSSR count). The quantitative estimate of drug-likeness (QED) is 0.735. The highest BCUT2D eigenvalue weighted by Crippen LogP contribution is 2.29. The van der Waals surface area contributed by atoms with Crippen LogP contribution in [0, 0.1) is 5.21 Å². The Balaban J connectivity index is 1.55. The fraction of sp³-hybridized carbons (Fsp3) is 0.500. The zero-order valence-corrected chi connectivity index (χ0v) is 14.0. The van der Waals surface area contributed by atoms with Gasteiger partial charge in [-0.15, -0.1) is 13.2 Å². The fourth-order valence-electron chi connectivity index (χ4n) is 3.37. The summed E-state index contributed by atoms with van der Waals surface area (Å²) < 4.78 is 57.2. The molecule has 0 aliphatic carbocycles. The van der Waals surface area contributed by atoms with E-state index < -0.39 is 12.1 Å². The molecule has 146 valence electrons. The van der Waals surface area contributed by atoms with E-state index in [1.165, 1.54) is 12.1 Å². The average Bonchev–Trinajstić information content (AvgIpc) is 3.16. The molecule has 0 radical (unpaired) electrons. The van der Waals surface area contributed by atoms with Gasteiger partial charge in [-0.25, -0.2) is 0 Å². The second kappa shape index (κ2) is 6.98. The minimum atomic E-state index is -4.82. The minimum absolute atomic E-state index is 0.0410. The maximum absolute atomic E-state index is 12.4. The first-order valence-electron chi connectivity index (χ1n) is 8.29. The summed E-state index contributed by atoms with van der Waals surface area (Å²) in [6, 6.07) is 5.12. The molecular weight excluding hydrogens is 371 g/mol. The Morgan fingerprint density at radius 1 is 1.22 bits per heavy atom. The SMILES string of the molecule is [O-][n+]1onc(CN2C[C@@H]3OCCO[C@@H]3C2)c1-c1cccc(OC(F)(F)F)c1. The molecule has 2 aliphatic rings. The van der Waals surface area contributed by atoms with E-state index >= 15 is 0 Å². The van der Waals surface area contributed by atoms with Gasteiger partial charge in [-0.2, -0.15) is 0 Å². The molecule has 2 saturated heterocycles. The van der Waals surface area contributed by atoms with Gasteiger partial charge in [0.05, 0.1) is 32.0 Å². The standard InChI is InChI=1S/C16H16F3N3O5/c17-16(18,19)26-11-3-1-2-10(6-11)15-12(20-27-22(15)23)7-21-8-13-14(9-21)25-5-4-24-13/h1-3,6,13-14H,4-5,7-9H2/t13-,14+. The second-order valence-electron chi connectivity index (χ2n) is 6.31. The summed E-state index contributed by atoms with van der Waals surface area (Å²) >= 11 is 0. The molecule has 0 bridgehead atoms. The largest absolute Gasteiger partial charge is 0.573 e. The molecule has 0 N–H and O–H groups in total. The lowest BCUT2D eigenvalue weighted by atomic mass is 10.1. The van der Waals surface area contributed by atoms with Crippen LogP contribution in [0.5, 0.6) is 5.75 Å². The van der Waals surface area contributed by atoms with E-state index in [-0.39, 0.29) is 34.9 Å². The Hall–Kier alpha value is -2.37. The molecule has 1 aromatic carbocycles. The summed E-state index contributed by atoms with van der Waals surface area (Å²) in [4.78, 5) is 2.18. The van der Waals surface area contributed by atoms with Gasteiger partial charge in [0, 0.05) is 23.8 Å². The predicted octanol–water partition coefficient (Wildman–Crippen LogP) is 1.47. The Morgan fingerprint density at radius 2 is 1.93 bits per heavy atom. The zero-order valence-electron chi connectivity index (χ0n) is 14.0. The molecule has 2 aliphatic heterocycles. The van der Waals surface area contributed by atoms with E-state index in [2.05, 4.69) is 14.5 Å². The van der Waals surface area contributed by atoms with Gasteiger partial charge in [-0.1, -0.05) is 12.1 Å². The lowest BCUT2D eigenvalue weighted by Gasteiger charge is -2.24. The molecule has 1 aromatic heterocycles. The predicted molar refractivity (Wildman–Crippen MR) is 82.3 cm³/mol. The number of likely N-dealkylation sites (tertiary alicyclic amines) is 1. The molecule has 0 unspecified atom stereocenters. The number of hydrogen-bond acceptors (Lipinski definition) is 7. The number of nitrogens with zero attached hydrogens (tertiary/aromatic N) is 3. The van der Waals surface area contributed by atoms with Crippen LogP contribution in [0.25, 0.3) is 11.3 Å². The normalized spacial score (nSPS) is 23.4. The van der Waals surface area contributed by atoms with Gasteiger partial charge in [0.1, 0.15) is 5.75 Å². The topological polar surface area (TPSA) is 83.9 Å². The molecule has 27 heavy (non-hydrogen) atoms. The van der Waals surface area contributed by atoms with Crippen LogP contribution in [0.1, 0.15) is 5.69 Å². The van der Waals surface area contributed by atoms with E-state index in [9.17, 15) is 18.4 Å². The molecule has 11 heteroatoms. The van der Waals surface area contributed by atoms with Crippen molar-refractivity contribution in [2.45, 2.75) is 25.1 Å². The Labute approximate surface area is 151 Å². The van der Waals surface area contributed by atoms with Crippen LogP contribution in [0.2, 0.25) is 0 Å². The van der Waals surface area contributed by atoms with Crippen LogP contribution in [-0.4, -0.2) is 54.9 Å². The first kappa shape index (κ1) is 18.0. The van der Waals surface area contributed by atoms with Crippen LogP contribution in [0.15, 0.2) is 28.9 Å². The minimum Gasteiger partial charge on any atom is -0.406 e. The molecule has 2 aromatic rings. The fourth-order valence-corrected chi connectivity index (χ4v) is 3.37. The number of benzene rings is 1. The monoisotopic (exact) mass is 387 g/mol. The van der Waals surface area contributed by atoms with Gasteiger partial charge in [0.2, 0.25) is 11.4 Å². The van der Waals surface area contributed by atoms with Crippen molar-refractivity contribution in [2.24, 2.45) is 0 Å². The van der Waals surface area contributed by atoms with Crippen LogP contribution < -0.4 is 9.64 Å². The molecular formula is C16H16F3N3O5. The molecule has 2 atom stereocenters. The van der Waals surface area contributed by atoms with E-state index in [0.717, 1.165) is 12.1 Å². The third-order valence-corrected chi connectivity index (χ3v) is 4.43. The number of alkyl halides is 3. The van der Waals surface area contributed by atoms with Crippen molar-refractivity contribution < 1.29 is 36.9 Å². The third-order valence-electron chi connectivity index (χ3n) is 4.43. The van der Waals surface area contributed by atoms with Crippen LogP contribution >= 0.6 is 0 Å². The summed E-state index contributed by atoms with van der Waals surface area (Å²) in [5, 5.41) is 15.8. The lowest BCUT2D eigenvalue weighted by Crippen LogP contribution is -2.36. The molecule has 0 saturated carbocycles. The first-order valence-corrected chi connectivity index (χ1v) is 8.29. The van der Waals surface area contributed by atoms with Gasteiger partial charge < -0.3 is 19.4 Å². The lowest BCUT2D eigenvalue weighted by molar-refractivity contribution is -0.793. The Bertz CT molecular complexity index is 799. The molecule has 2 fully saturated rings. The van der Waals surface area contributed by atoms with Crippen LogP contribution in [0.3, 0.4) is 0 Å². The smallest absolute Gasteiger partial charge is 0.406 e. The van der Waals surface area contributed by atoms with Gasteiger partial charge in [-0.3, -0.25) is 9.53 Å². The van der Waals surface area contributed by atoms with Crippen molar-refractivity contribution in [3.05, 3.63) is 35.2 Å². The van der Waals surface area contributed by atoms with Crippen molar-refractivity contribution in [3.8, 4) is 17.0 Å². The molecule has 0 spiro atoms. The van der Waals surface area contributed by atoms with Crippen LogP contribution in [0.4, 0.5) is 13.2 Å². The van der Waals surface area contributed by atoms with Crippen LogP contribution in [-0.2, 0) is 16.0 Å². The Kier molecular flexibility index (Phi) is 4.66. The van der Waals surface area contributed by atoms with E-state index in [1.54, 1.807) is 0 Å². The summed E-state index contributed by atoms with van der Waals surface area (Å²) in [6.07, 6.45) is -4.91. The number of hydrogen-bond donors (Lipinski definition) is 0. The summed E-state index contributed by atoms with van der Waals surface area (Å²) in [6.45, 7) is 2.56. The zero-order chi connectivity index (χ0) is 19.0. The van der Waals surface area contributed by atoms with E-state index in [0.29, 0.717) is 32.0 Å². The highest BCUT2D eigenvalue weighted by molar-refractivity contribution is 5.60. The second-order valence-corrected chi connectivity index (χ2v) is 6.31. The number of halogens is 3. The average molecular weight is 387 g/mol. The first-order chi connectivity index (χ1) is 12.9. The third kappa shape index (κ3) is 3.99. The van der Waals surface area contributed by atoms with Gasteiger partial charge >= 0.3 is 6.36 Å². The molecule has 3 heterocycles. The Morgan fingerprint density at radius 3 is 2.59 bits per heavy atom. The number of rotatable bonds is 4. The van der Waals surface area contributed by atoms with Gasteiger partial charge in [-0.05, 0) is 17.0 Å². The van der Waals surface area contributed by atoms with Crippen molar-refractivity contribution in [3.63, 3.8) is 0 Å². The van der Waals surface area contributed by atoms with Crippen molar-refractivity contribution in [1.29, 1.82) is 0 Å². The van der Waals surface area contributed by atoms with Gasteiger partial charge in [0.25, 0.3) is 0 Å². The van der Waals surface area contributed by atoms with Crippen molar-refractivity contribution in [1.82, 2.24) is 10.1 Å². The van der Waals surface area contributed by atoms with Crippen molar-refractivity contribution in [2.75, 3.05) is 26.3 Å². The maximum Gasteiger partial charge on any atom is 0.573 e. The highest BCUT2D eigenvalue weighted by atomic mass is 19.4.